The van der Waals surface area contributed by atoms with Gasteiger partial charge in [-0.2, -0.15) is 23.5 Å². The lowest BCUT2D eigenvalue weighted by atomic mass is 9.80. The third-order valence-corrected chi connectivity index (χ3v) is 20.1. The number of amides is 1. The molecule has 0 spiro atoms. The van der Waals surface area contributed by atoms with E-state index in [0.717, 1.165) is 16.7 Å². The molecule has 1 aliphatic rings. The van der Waals surface area contributed by atoms with Gasteiger partial charge in [-0.05, 0) is 99.6 Å². The molecule has 1 aliphatic heterocycles. The minimum absolute atomic E-state index is 0.0500. The van der Waals surface area contributed by atoms with Crippen LogP contribution < -0.4 is 14.8 Å². The van der Waals surface area contributed by atoms with Crippen LogP contribution in [0.5, 0.6) is 11.5 Å². The van der Waals surface area contributed by atoms with Crippen LogP contribution in [0.2, 0.25) is 18.1 Å². The Balaban J connectivity index is 1.64. The van der Waals surface area contributed by atoms with E-state index in [0.29, 0.717) is 17.3 Å². The molecule has 0 bridgehead atoms. The minimum Gasteiger partial charge on any atom is -0.497 e. The van der Waals surface area contributed by atoms with Crippen molar-refractivity contribution >= 4 is 45.4 Å². The molecule has 3 heterocycles. The molecular formula is C55H71F3N9O8PSi. The summed E-state index contributed by atoms with van der Waals surface area (Å²) in [5, 5.41) is 16.5. The number of fused-ring (bicyclic) bond motifs is 1. The fourth-order valence-corrected chi connectivity index (χ4v) is 11.5. The number of carbonyl (C=O) groups is 1. The first-order valence-electron chi connectivity index (χ1n) is 25.2. The summed E-state index contributed by atoms with van der Waals surface area (Å²) in [5.74, 6) is 5.40. The topological polar surface area (TPSA) is 180 Å². The fraction of sp³-hybridized carbons (Fsp3) is 0.491. The number of aliphatic imine (C=N–C) groups is 1. The number of aromatic nitrogens is 4. The Morgan fingerprint density at radius 1 is 0.909 bits per heavy atom. The molecule has 1 saturated heterocycles. The van der Waals surface area contributed by atoms with Crippen molar-refractivity contribution in [2.24, 2.45) is 4.99 Å². The van der Waals surface area contributed by atoms with Crippen molar-refractivity contribution < 1.29 is 50.4 Å². The van der Waals surface area contributed by atoms with E-state index >= 15 is 0 Å². The molecule has 1 amide bonds. The van der Waals surface area contributed by atoms with Gasteiger partial charge in [-0.25, -0.2) is 24.3 Å². The zero-order chi connectivity index (χ0) is 56.5. The Morgan fingerprint density at radius 2 is 1.49 bits per heavy atom. The van der Waals surface area contributed by atoms with Crippen LogP contribution in [0.1, 0.15) is 90.4 Å². The molecule has 1 unspecified atom stereocenters. The summed E-state index contributed by atoms with van der Waals surface area (Å²) in [6, 6.07) is 27.2. The first-order valence-corrected chi connectivity index (χ1v) is 29.3. The van der Waals surface area contributed by atoms with E-state index in [1.54, 1.807) is 31.4 Å². The highest BCUT2D eigenvalue weighted by atomic mass is 31.2. The molecule has 0 aliphatic carbocycles. The summed E-state index contributed by atoms with van der Waals surface area (Å²) in [5.41, 5.74) is 1.31. The van der Waals surface area contributed by atoms with Crippen molar-refractivity contribution in [3.8, 4) is 29.4 Å². The van der Waals surface area contributed by atoms with E-state index in [1.807, 2.05) is 121 Å². The third-order valence-electron chi connectivity index (χ3n) is 13.5. The lowest BCUT2D eigenvalue weighted by Gasteiger charge is -2.42. The summed E-state index contributed by atoms with van der Waals surface area (Å²) >= 11 is 0. The number of ether oxygens (including phenoxy) is 4. The molecule has 5 aromatic rings. The van der Waals surface area contributed by atoms with Gasteiger partial charge in [0.1, 0.15) is 53.3 Å². The lowest BCUT2D eigenvalue weighted by molar-refractivity contribution is -0.173. The average Bonchev–Trinajstić information content (AvgIpc) is 3.91. The molecule has 0 saturated carbocycles. The van der Waals surface area contributed by atoms with Gasteiger partial charge in [-0.1, -0.05) is 81.3 Å². The van der Waals surface area contributed by atoms with Crippen LogP contribution in [-0.2, 0) is 33.3 Å². The number of hydrogen-bond acceptors (Lipinski definition) is 14. The van der Waals surface area contributed by atoms with E-state index in [4.69, 9.17) is 47.5 Å². The maximum absolute atomic E-state index is 13.2. The smallest absolute Gasteiger partial charge is 0.471 e. The van der Waals surface area contributed by atoms with Crippen LogP contribution in [0.4, 0.5) is 19.0 Å². The van der Waals surface area contributed by atoms with E-state index < -0.39 is 65.6 Å². The molecule has 5 atom stereocenters. The maximum Gasteiger partial charge on any atom is 0.471 e. The molecule has 6 rings (SSSR count). The van der Waals surface area contributed by atoms with E-state index in [2.05, 4.69) is 61.4 Å². The Labute approximate surface area is 452 Å². The highest BCUT2D eigenvalue weighted by molar-refractivity contribution is 7.44. The molecule has 77 heavy (non-hydrogen) atoms. The first-order chi connectivity index (χ1) is 36.4. The van der Waals surface area contributed by atoms with E-state index in [-0.39, 0.29) is 59.3 Å². The number of hydrogen-bond donors (Lipinski definition) is 1. The van der Waals surface area contributed by atoms with Crippen LogP contribution in [0.25, 0.3) is 11.0 Å². The van der Waals surface area contributed by atoms with Crippen molar-refractivity contribution in [1.82, 2.24) is 34.6 Å². The fourth-order valence-electron chi connectivity index (χ4n) is 8.40. The number of rotatable bonds is 21. The SMILES string of the molecule is COc1ccc(C(OC[C@H]2O[C@@H](n3nc(C#CCNC(=O)C(F)(F)F)c4c(/N=C(/C)N(C)C)ncnc43)[C@H](O[Si](C)(C)C(C)(C)C)[C@@H]2OP(OCCC#N)N(C(C)C)C(C)C)(c2ccccc2)c2ccc(OC)cc2)cc1. The zero-order valence-corrected chi connectivity index (χ0v) is 48.2. The van der Waals surface area contributed by atoms with Crippen molar-refractivity contribution in [3.63, 3.8) is 0 Å². The highest BCUT2D eigenvalue weighted by Crippen LogP contribution is 2.53. The molecule has 2 aromatic heterocycles. The summed E-state index contributed by atoms with van der Waals surface area (Å²) in [6.45, 7) is 19.9. The number of nitriles is 1. The quantitative estimate of drug-likeness (QED) is 0.0139. The third kappa shape index (κ3) is 14.0. The number of amidine groups is 1. The largest absolute Gasteiger partial charge is 0.497 e. The number of benzene rings is 3. The van der Waals surface area contributed by atoms with Gasteiger partial charge in [0, 0.05) is 26.2 Å². The summed E-state index contributed by atoms with van der Waals surface area (Å²) < 4.78 is 91.1. The number of carbonyl (C=O) groups excluding carboxylic acids is 1. The number of nitrogens with one attached hydrogen (secondary N) is 1. The van der Waals surface area contributed by atoms with Gasteiger partial charge in [-0.3, -0.25) is 4.79 Å². The molecule has 1 N–H and O–H groups in total. The molecule has 22 heteroatoms. The average molecular weight is 1100 g/mol. The van der Waals surface area contributed by atoms with Crippen LogP contribution >= 0.6 is 8.53 Å². The Hall–Kier alpha value is -6.00. The first kappa shape index (κ1) is 60.2. The molecule has 1 fully saturated rings. The van der Waals surface area contributed by atoms with Gasteiger partial charge in [0.15, 0.2) is 26.0 Å². The van der Waals surface area contributed by atoms with Crippen LogP contribution in [0.15, 0.2) is 90.2 Å². The van der Waals surface area contributed by atoms with Gasteiger partial charge in [0.2, 0.25) is 0 Å². The van der Waals surface area contributed by atoms with Crippen LogP contribution in [0, 0.1) is 23.2 Å². The van der Waals surface area contributed by atoms with Crippen LogP contribution in [-0.4, -0.2) is 134 Å². The Morgan fingerprint density at radius 3 is 2.01 bits per heavy atom. The standard InChI is InChI=1S/C55H71F3N9O8PSi/c1-36(2)67(37(3)4)76(72-33-19-31-59)74-47-45(34-71-54(39-20-16-15-17-21-39,40-23-27-42(69-11)28-24-40)41-25-29-43(70-12)30-26-41)73-51(48(47)75-77(13,14)53(6,7)8)66-50-46(49(61-35-62-50)63-38(5)65(9)10)44(64-66)22-18-32-60-52(68)55(56,57)58/h15-17,20-21,23-30,35-37,45,47-48,51H,19,32-34H2,1-14H3,(H,60,68)/b63-38-/t45-,47-,48-,51-,76?/m1/s1. The second-order valence-electron chi connectivity index (χ2n) is 20.6. The van der Waals surface area contributed by atoms with Gasteiger partial charge in [0.25, 0.3) is 8.53 Å². The molecule has 17 nitrogen and oxygen atoms in total. The highest BCUT2D eigenvalue weighted by Gasteiger charge is 2.55. The lowest BCUT2D eigenvalue weighted by Crippen LogP contribution is -2.50. The van der Waals surface area contributed by atoms with Gasteiger partial charge < -0.3 is 42.6 Å². The van der Waals surface area contributed by atoms with Crippen molar-refractivity contribution in [3.05, 3.63) is 108 Å². The van der Waals surface area contributed by atoms with Gasteiger partial charge in [-0.15, -0.1) is 0 Å². The summed E-state index contributed by atoms with van der Waals surface area (Å²) in [4.78, 5) is 27.6. The van der Waals surface area contributed by atoms with Crippen molar-refractivity contribution in [2.75, 3.05) is 48.1 Å². The van der Waals surface area contributed by atoms with Crippen molar-refractivity contribution in [2.45, 2.75) is 128 Å². The van der Waals surface area contributed by atoms with E-state index in [1.165, 1.54) is 11.0 Å². The predicted octanol–water partition coefficient (Wildman–Crippen LogP) is 10.4. The number of nitrogens with zero attached hydrogens (tertiary/aromatic N) is 8. The van der Waals surface area contributed by atoms with Crippen molar-refractivity contribution in [1.29, 1.82) is 5.26 Å². The molecule has 414 valence electrons. The van der Waals surface area contributed by atoms with Crippen LogP contribution in [0.3, 0.4) is 0 Å². The predicted molar refractivity (Wildman–Crippen MR) is 292 cm³/mol. The number of methoxy groups -OCH3 is 2. The second-order valence-corrected chi connectivity index (χ2v) is 26.7. The van der Waals surface area contributed by atoms with Gasteiger partial charge in [0.05, 0.1) is 51.9 Å². The summed E-state index contributed by atoms with van der Waals surface area (Å²) in [6.07, 6.45) is -7.76. The monoisotopic (exact) mass is 1100 g/mol. The second kappa shape index (κ2) is 25.6. The molecular weight excluding hydrogens is 1030 g/mol. The number of halogens is 3. The molecule has 0 radical (unpaired) electrons. The minimum atomic E-state index is -5.11. The zero-order valence-electron chi connectivity index (χ0n) is 46.3. The van der Waals surface area contributed by atoms with E-state index in [9.17, 15) is 23.2 Å². The Kier molecular flexibility index (Phi) is 20.1. The summed E-state index contributed by atoms with van der Waals surface area (Å²) in [7, 11) is 2.05. The molecule has 3 aromatic carbocycles. The van der Waals surface area contributed by atoms with Gasteiger partial charge >= 0.3 is 12.1 Å². The maximum atomic E-state index is 13.2. The Bertz CT molecular complexity index is 2850. The normalized spacial score (nSPS) is 17.8. The number of alkyl halides is 3.